The largest absolute Gasteiger partial charge is 0.476 e. The minimum atomic E-state index is 0.445. The molecule has 3 N–H and O–H groups in total. The molecule has 0 aromatic carbocycles. The zero-order valence-electron chi connectivity index (χ0n) is 11.6. The number of rotatable bonds is 8. The van der Waals surface area contributed by atoms with Gasteiger partial charge in [0.15, 0.2) is 5.82 Å². The molecule has 1 rings (SSSR count). The summed E-state index contributed by atoms with van der Waals surface area (Å²) in [6.45, 7) is 7.83. The first-order valence-corrected chi connectivity index (χ1v) is 6.62. The predicted molar refractivity (Wildman–Crippen MR) is 74.8 cm³/mol. The molecule has 0 radical (unpaired) electrons. The van der Waals surface area contributed by atoms with Crippen molar-refractivity contribution < 1.29 is 4.74 Å². The van der Waals surface area contributed by atoms with Crippen LogP contribution in [0.1, 0.15) is 40.0 Å². The van der Waals surface area contributed by atoms with E-state index in [1.807, 2.05) is 0 Å². The highest BCUT2D eigenvalue weighted by Crippen LogP contribution is 2.24. The number of nitrogens with zero attached hydrogens (tertiary/aromatic N) is 2. The highest BCUT2D eigenvalue weighted by molar-refractivity contribution is 5.66. The molecular weight excluding hydrogens is 228 g/mol. The van der Waals surface area contributed by atoms with E-state index in [-0.39, 0.29) is 0 Å². The molecule has 0 saturated carbocycles. The van der Waals surface area contributed by atoms with Gasteiger partial charge in [0.05, 0.1) is 6.61 Å². The van der Waals surface area contributed by atoms with Crippen molar-refractivity contribution in [2.24, 2.45) is 5.92 Å². The van der Waals surface area contributed by atoms with Gasteiger partial charge in [0.1, 0.15) is 12.0 Å². The van der Waals surface area contributed by atoms with Gasteiger partial charge in [-0.15, -0.1) is 0 Å². The molecule has 18 heavy (non-hydrogen) atoms. The molecule has 0 spiro atoms. The normalized spacial score (nSPS) is 10.7. The molecule has 1 heterocycles. The van der Waals surface area contributed by atoms with E-state index >= 15 is 0 Å². The van der Waals surface area contributed by atoms with Crippen LogP contribution in [0.2, 0.25) is 0 Å². The summed E-state index contributed by atoms with van der Waals surface area (Å²) in [5.74, 6) is 1.58. The molecular formula is C13H24N4O. The standard InChI is InChI=1S/C13H24N4O/c1-4-5-6-7-15-12-11(14)13(17-9-16-12)18-8-10(2)3/h9-10H,4-8,14H2,1-3H3,(H,15,16,17). The van der Waals surface area contributed by atoms with Gasteiger partial charge >= 0.3 is 0 Å². The van der Waals surface area contributed by atoms with Crippen molar-refractivity contribution in [2.75, 3.05) is 24.2 Å². The number of nitrogens with one attached hydrogen (secondary N) is 1. The zero-order chi connectivity index (χ0) is 13.4. The van der Waals surface area contributed by atoms with Crippen molar-refractivity contribution in [3.05, 3.63) is 6.33 Å². The number of ether oxygens (including phenoxy) is 1. The van der Waals surface area contributed by atoms with Crippen LogP contribution in [0.4, 0.5) is 11.5 Å². The number of nitrogens with two attached hydrogens (primary N) is 1. The summed E-state index contributed by atoms with van der Waals surface area (Å²) >= 11 is 0. The molecule has 5 nitrogen and oxygen atoms in total. The number of aromatic nitrogens is 2. The highest BCUT2D eigenvalue weighted by Gasteiger charge is 2.09. The molecule has 0 amide bonds. The second kappa shape index (κ2) is 7.74. The van der Waals surface area contributed by atoms with Crippen LogP contribution in [0.3, 0.4) is 0 Å². The van der Waals surface area contributed by atoms with Gasteiger partial charge in [-0.25, -0.2) is 4.98 Å². The molecule has 0 aliphatic heterocycles. The van der Waals surface area contributed by atoms with Crippen molar-refractivity contribution in [3.8, 4) is 5.88 Å². The number of nitrogen functional groups attached to an aromatic ring is 1. The molecule has 5 heteroatoms. The van der Waals surface area contributed by atoms with Crippen LogP contribution in [0, 0.1) is 5.92 Å². The Kier molecular flexibility index (Phi) is 6.25. The lowest BCUT2D eigenvalue weighted by Crippen LogP contribution is -2.11. The third kappa shape index (κ3) is 4.77. The monoisotopic (exact) mass is 252 g/mol. The average Bonchev–Trinajstić information content (AvgIpc) is 2.35. The lowest BCUT2D eigenvalue weighted by molar-refractivity contribution is 0.262. The maximum Gasteiger partial charge on any atom is 0.242 e. The Balaban J connectivity index is 2.55. The SMILES string of the molecule is CCCCCNc1ncnc(OCC(C)C)c1N. The Morgan fingerprint density at radius 1 is 1.33 bits per heavy atom. The Morgan fingerprint density at radius 3 is 2.78 bits per heavy atom. The Hall–Kier alpha value is -1.52. The molecule has 1 aromatic heterocycles. The van der Waals surface area contributed by atoms with Gasteiger partial charge in [0.25, 0.3) is 0 Å². The van der Waals surface area contributed by atoms with E-state index in [1.54, 1.807) is 0 Å². The third-order valence-electron chi connectivity index (χ3n) is 2.47. The molecule has 0 unspecified atom stereocenters. The van der Waals surface area contributed by atoms with Crippen LogP contribution in [0.5, 0.6) is 5.88 Å². The van der Waals surface area contributed by atoms with Crippen LogP contribution in [-0.4, -0.2) is 23.1 Å². The average molecular weight is 252 g/mol. The second-order valence-corrected chi connectivity index (χ2v) is 4.78. The van der Waals surface area contributed by atoms with Crippen LogP contribution in [0.25, 0.3) is 0 Å². The molecule has 0 fully saturated rings. The molecule has 0 saturated heterocycles. The predicted octanol–water partition coefficient (Wildman–Crippen LogP) is 2.70. The summed E-state index contributed by atoms with van der Waals surface area (Å²) in [5, 5.41) is 3.22. The first kappa shape index (κ1) is 14.5. The lowest BCUT2D eigenvalue weighted by atomic mass is 10.2. The number of anilines is 2. The van der Waals surface area contributed by atoms with E-state index in [4.69, 9.17) is 10.5 Å². The van der Waals surface area contributed by atoms with Crippen LogP contribution < -0.4 is 15.8 Å². The van der Waals surface area contributed by atoms with Gasteiger partial charge < -0.3 is 15.8 Å². The molecule has 0 aliphatic carbocycles. The summed E-state index contributed by atoms with van der Waals surface area (Å²) in [4.78, 5) is 8.19. The fraction of sp³-hybridized carbons (Fsp3) is 0.692. The van der Waals surface area contributed by atoms with Gasteiger partial charge in [-0.3, -0.25) is 0 Å². The van der Waals surface area contributed by atoms with E-state index in [0.29, 0.717) is 29.9 Å². The number of hydrogen-bond acceptors (Lipinski definition) is 5. The molecule has 0 aliphatic rings. The van der Waals surface area contributed by atoms with Crippen molar-refractivity contribution in [2.45, 2.75) is 40.0 Å². The first-order valence-electron chi connectivity index (χ1n) is 6.62. The smallest absolute Gasteiger partial charge is 0.242 e. The Morgan fingerprint density at radius 2 is 2.11 bits per heavy atom. The maximum atomic E-state index is 5.97. The molecule has 0 atom stereocenters. The van der Waals surface area contributed by atoms with E-state index in [0.717, 1.165) is 13.0 Å². The maximum absolute atomic E-state index is 5.97. The topological polar surface area (TPSA) is 73.1 Å². The van der Waals surface area contributed by atoms with Gasteiger partial charge in [0.2, 0.25) is 5.88 Å². The van der Waals surface area contributed by atoms with Crippen LogP contribution in [0.15, 0.2) is 6.33 Å². The zero-order valence-corrected chi connectivity index (χ0v) is 11.6. The minimum absolute atomic E-state index is 0.445. The van der Waals surface area contributed by atoms with Crippen molar-refractivity contribution in [1.29, 1.82) is 0 Å². The fourth-order valence-corrected chi connectivity index (χ4v) is 1.46. The van der Waals surface area contributed by atoms with E-state index in [9.17, 15) is 0 Å². The molecule has 1 aromatic rings. The number of unbranched alkanes of at least 4 members (excludes halogenated alkanes) is 2. The van der Waals surface area contributed by atoms with Crippen LogP contribution >= 0.6 is 0 Å². The first-order chi connectivity index (χ1) is 8.65. The lowest BCUT2D eigenvalue weighted by Gasteiger charge is -2.12. The minimum Gasteiger partial charge on any atom is -0.476 e. The van der Waals surface area contributed by atoms with E-state index in [2.05, 4.69) is 36.1 Å². The summed E-state index contributed by atoms with van der Waals surface area (Å²) in [7, 11) is 0. The number of hydrogen-bond donors (Lipinski definition) is 2. The second-order valence-electron chi connectivity index (χ2n) is 4.78. The fourth-order valence-electron chi connectivity index (χ4n) is 1.46. The van der Waals surface area contributed by atoms with Crippen LogP contribution in [-0.2, 0) is 0 Å². The van der Waals surface area contributed by atoms with Gasteiger partial charge in [-0.05, 0) is 12.3 Å². The van der Waals surface area contributed by atoms with Crippen molar-refractivity contribution in [3.63, 3.8) is 0 Å². The van der Waals surface area contributed by atoms with Crippen molar-refractivity contribution in [1.82, 2.24) is 9.97 Å². The van der Waals surface area contributed by atoms with E-state index in [1.165, 1.54) is 19.2 Å². The summed E-state index contributed by atoms with van der Waals surface area (Å²) in [6, 6.07) is 0. The quantitative estimate of drug-likeness (QED) is 0.696. The summed E-state index contributed by atoms with van der Waals surface area (Å²) in [5.41, 5.74) is 6.47. The van der Waals surface area contributed by atoms with Gasteiger partial charge in [0, 0.05) is 6.54 Å². The Bertz CT molecular complexity index is 355. The molecule has 102 valence electrons. The highest BCUT2D eigenvalue weighted by atomic mass is 16.5. The summed E-state index contributed by atoms with van der Waals surface area (Å²) in [6.07, 6.45) is 4.99. The third-order valence-corrected chi connectivity index (χ3v) is 2.47. The summed E-state index contributed by atoms with van der Waals surface area (Å²) < 4.78 is 5.55. The van der Waals surface area contributed by atoms with Gasteiger partial charge in [-0.1, -0.05) is 33.6 Å². The van der Waals surface area contributed by atoms with E-state index < -0.39 is 0 Å². The van der Waals surface area contributed by atoms with Crippen molar-refractivity contribution >= 4 is 11.5 Å². The van der Waals surface area contributed by atoms with Gasteiger partial charge in [-0.2, -0.15) is 4.98 Å². The Labute approximate surface area is 109 Å². The molecule has 0 bridgehead atoms.